The molecule has 2 heteroatoms. The first kappa shape index (κ1) is 13.0. The van der Waals surface area contributed by atoms with Crippen molar-refractivity contribution in [2.75, 3.05) is 6.54 Å². The zero-order chi connectivity index (χ0) is 11.5. The van der Waals surface area contributed by atoms with E-state index in [2.05, 4.69) is 20.8 Å². The summed E-state index contributed by atoms with van der Waals surface area (Å²) in [6.45, 7) is 7.10. The maximum absolute atomic E-state index is 10.7. The van der Waals surface area contributed by atoms with Gasteiger partial charge in [-0.2, -0.15) is 0 Å². The van der Waals surface area contributed by atoms with Gasteiger partial charge in [0, 0.05) is 12.0 Å². The minimum atomic E-state index is -0.540. The van der Waals surface area contributed by atoms with Crippen LogP contribution in [0.2, 0.25) is 0 Å². The maximum atomic E-state index is 10.7. The summed E-state index contributed by atoms with van der Waals surface area (Å²) in [4.78, 5) is 0. The number of rotatable bonds is 4. The lowest BCUT2D eigenvalue weighted by Gasteiger charge is -2.50. The molecule has 2 nitrogen and oxygen atoms in total. The highest BCUT2D eigenvalue weighted by Gasteiger charge is 2.47. The minimum Gasteiger partial charge on any atom is -0.389 e. The second kappa shape index (κ2) is 4.84. The monoisotopic (exact) mass is 213 g/mol. The first-order valence-corrected chi connectivity index (χ1v) is 6.46. The van der Waals surface area contributed by atoms with Gasteiger partial charge in [-0.25, -0.2) is 0 Å². The minimum absolute atomic E-state index is 0.0109. The van der Waals surface area contributed by atoms with E-state index < -0.39 is 5.60 Å². The van der Waals surface area contributed by atoms with Crippen molar-refractivity contribution in [3.8, 4) is 0 Å². The molecule has 0 aromatic rings. The van der Waals surface area contributed by atoms with E-state index in [9.17, 15) is 5.11 Å². The van der Waals surface area contributed by atoms with Crippen molar-refractivity contribution in [1.82, 2.24) is 0 Å². The van der Waals surface area contributed by atoms with Gasteiger partial charge in [0.2, 0.25) is 0 Å². The van der Waals surface area contributed by atoms with Crippen molar-refractivity contribution in [2.24, 2.45) is 17.1 Å². The van der Waals surface area contributed by atoms with Crippen LogP contribution in [0.5, 0.6) is 0 Å². The third kappa shape index (κ3) is 2.21. The van der Waals surface area contributed by atoms with Crippen LogP contribution in [0.4, 0.5) is 0 Å². The van der Waals surface area contributed by atoms with Crippen LogP contribution in [0.1, 0.15) is 59.3 Å². The number of nitrogens with two attached hydrogens (primary N) is 1. The van der Waals surface area contributed by atoms with Crippen molar-refractivity contribution < 1.29 is 5.11 Å². The van der Waals surface area contributed by atoms with Gasteiger partial charge in [0.1, 0.15) is 0 Å². The molecular weight excluding hydrogens is 186 g/mol. The van der Waals surface area contributed by atoms with Gasteiger partial charge in [0.25, 0.3) is 0 Å². The van der Waals surface area contributed by atoms with Crippen LogP contribution < -0.4 is 5.73 Å². The molecule has 0 atom stereocenters. The molecule has 0 aromatic carbocycles. The summed E-state index contributed by atoms with van der Waals surface area (Å²) in [7, 11) is 0. The van der Waals surface area contributed by atoms with Gasteiger partial charge in [-0.05, 0) is 31.6 Å². The molecule has 0 aliphatic heterocycles. The van der Waals surface area contributed by atoms with Crippen molar-refractivity contribution in [2.45, 2.75) is 64.9 Å². The zero-order valence-electron chi connectivity index (χ0n) is 10.6. The third-order valence-electron chi connectivity index (χ3n) is 4.78. The normalized spacial score (nSPS) is 33.0. The SMILES string of the molecule is CCC(O)(CC)C1(CN)CCC(C)CC1. The molecule has 0 bridgehead atoms. The topological polar surface area (TPSA) is 46.2 Å². The van der Waals surface area contributed by atoms with Gasteiger partial charge in [-0.3, -0.25) is 0 Å². The van der Waals surface area contributed by atoms with Crippen LogP contribution in [0.25, 0.3) is 0 Å². The molecule has 0 amide bonds. The standard InChI is InChI=1S/C13H27NO/c1-4-13(15,5-2)12(10-14)8-6-11(3)7-9-12/h11,15H,4-10,14H2,1-3H3. The smallest absolute Gasteiger partial charge is 0.0710 e. The van der Waals surface area contributed by atoms with E-state index in [1.807, 2.05) is 0 Å². The number of hydrogen-bond acceptors (Lipinski definition) is 2. The van der Waals surface area contributed by atoms with Crippen molar-refractivity contribution >= 4 is 0 Å². The second-order valence-corrected chi connectivity index (χ2v) is 5.41. The lowest BCUT2D eigenvalue weighted by Crippen LogP contribution is -2.53. The van der Waals surface area contributed by atoms with Gasteiger partial charge >= 0.3 is 0 Å². The van der Waals surface area contributed by atoms with Gasteiger partial charge in [0.05, 0.1) is 5.60 Å². The van der Waals surface area contributed by atoms with Gasteiger partial charge in [-0.15, -0.1) is 0 Å². The predicted octanol–water partition coefficient (Wildman–Crippen LogP) is 2.69. The van der Waals surface area contributed by atoms with Crippen LogP contribution in [-0.2, 0) is 0 Å². The largest absolute Gasteiger partial charge is 0.389 e. The Morgan fingerprint density at radius 3 is 2.07 bits per heavy atom. The molecule has 1 aliphatic carbocycles. The molecule has 1 rings (SSSR count). The summed E-state index contributed by atoms with van der Waals surface area (Å²) in [6, 6.07) is 0. The summed E-state index contributed by atoms with van der Waals surface area (Å²) in [5.74, 6) is 0.808. The number of aliphatic hydroxyl groups is 1. The molecule has 0 saturated heterocycles. The molecule has 0 heterocycles. The summed E-state index contributed by atoms with van der Waals surface area (Å²) in [5.41, 5.74) is 5.41. The maximum Gasteiger partial charge on any atom is 0.0710 e. The van der Waals surface area contributed by atoms with E-state index in [1.165, 1.54) is 12.8 Å². The lowest BCUT2D eigenvalue weighted by atomic mass is 9.60. The highest BCUT2D eigenvalue weighted by molar-refractivity contribution is 5.00. The molecule has 0 aromatic heterocycles. The molecule has 15 heavy (non-hydrogen) atoms. The van der Waals surface area contributed by atoms with Gasteiger partial charge in [0.15, 0.2) is 0 Å². The Bertz CT molecular complexity index is 191. The van der Waals surface area contributed by atoms with Crippen LogP contribution >= 0.6 is 0 Å². The molecule has 0 radical (unpaired) electrons. The Morgan fingerprint density at radius 1 is 1.27 bits per heavy atom. The summed E-state index contributed by atoms with van der Waals surface area (Å²) in [6.07, 6.45) is 6.30. The predicted molar refractivity (Wildman–Crippen MR) is 64.7 cm³/mol. The third-order valence-corrected chi connectivity index (χ3v) is 4.78. The Morgan fingerprint density at radius 2 is 1.73 bits per heavy atom. The van der Waals surface area contributed by atoms with Crippen LogP contribution in [0.15, 0.2) is 0 Å². The average molecular weight is 213 g/mol. The molecule has 0 unspecified atom stereocenters. The molecule has 1 saturated carbocycles. The lowest BCUT2D eigenvalue weighted by molar-refractivity contribution is -0.109. The average Bonchev–Trinajstić information content (AvgIpc) is 2.29. The van der Waals surface area contributed by atoms with Gasteiger partial charge < -0.3 is 10.8 Å². The van der Waals surface area contributed by atoms with E-state index >= 15 is 0 Å². The first-order chi connectivity index (χ1) is 7.03. The van der Waals surface area contributed by atoms with Crippen molar-refractivity contribution in [3.63, 3.8) is 0 Å². The van der Waals surface area contributed by atoms with Crippen molar-refractivity contribution in [1.29, 1.82) is 0 Å². The fourth-order valence-corrected chi connectivity index (χ4v) is 3.17. The molecular formula is C13H27NO. The fourth-order valence-electron chi connectivity index (χ4n) is 3.17. The van der Waals surface area contributed by atoms with Gasteiger partial charge in [-0.1, -0.05) is 33.6 Å². The Balaban J connectivity index is 2.84. The molecule has 90 valence electrons. The Kier molecular flexibility index (Phi) is 4.19. The zero-order valence-corrected chi connectivity index (χ0v) is 10.6. The highest BCUT2D eigenvalue weighted by atomic mass is 16.3. The van der Waals surface area contributed by atoms with E-state index in [1.54, 1.807) is 0 Å². The van der Waals surface area contributed by atoms with Crippen LogP contribution in [-0.4, -0.2) is 17.3 Å². The molecule has 1 fully saturated rings. The fraction of sp³-hybridized carbons (Fsp3) is 1.00. The Hall–Kier alpha value is -0.0800. The molecule has 3 N–H and O–H groups in total. The second-order valence-electron chi connectivity index (χ2n) is 5.41. The van der Waals surface area contributed by atoms with Crippen molar-refractivity contribution in [3.05, 3.63) is 0 Å². The summed E-state index contributed by atoms with van der Waals surface area (Å²) < 4.78 is 0. The van der Waals surface area contributed by atoms with E-state index in [0.29, 0.717) is 6.54 Å². The highest BCUT2D eigenvalue weighted by Crippen LogP contribution is 2.48. The van der Waals surface area contributed by atoms with E-state index in [-0.39, 0.29) is 5.41 Å². The Labute approximate surface area is 94.2 Å². The first-order valence-electron chi connectivity index (χ1n) is 6.46. The van der Waals surface area contributed by atoms with E-state index in [0.717, 1.165) is 31.6 Å². The van der Waals surface area contributed by atoms with Crippen LogP contribution in [0.3, 0.4) is 0 Å². The van der Waals surface area contributed by atoms with E-state index in [4.69, 9.17) is 5.73 Å². The molecule has 0 spiro atoms. The molecule has 1 aliphatic rings. The summed E-state index contributed by atoms with van der Waals surface area (Å²) in [5, 5.41) is 10.7. The van der Waals surface area contributed by atoms with Crippen LogP contribution in [0, 0.1) is 11.3 Å². The quantitative estimate of drug-likeness (QED) is 0.754. The summed E-state index contributed by atoms with van der Waals surface area (Å²) >= 11 is 0. The number of hydrogen-bond donors (Lipinski definition) is 2.